The highest BCUT2D eigenvalue weighted by Crippen LogP contribution is 2.18. The normalized spacial score (nSPS) is 10.6. The highest BCUT2D eigenvalue weighted by atomic mass is 35.5. The van der Waals surface area contributed by atoms with Crippen LogP contribution >= 0.6 is 11.6 Å². The average molecular weight is 412 g/mol. The smallest absolute Gasteiger partial charge is 0.267 e. The number of nitrogens with zero attached hydrogens (tertiary/aromatic N) is 2. The van der Waals surface area contributed by atoms with E-state index in [0.717, 1.165) is 27.1 Å². The fraction of sp³-hybridized carbons (Fsp3) is 0.227. The van der Waals surface area contributed by atoms with Crippen molar-refractivity contribution in [1.29, 1.82) is 0 Å². The van der Waals surface area contributed by atoms with E-state index in [1.165, 1.54) is 6.07 Å². The molecule has 1 heterocycles. The molecule has 1 amide bonds. The summed E-state index contributed by atoms with van der Waals surface area (Å²) in [5.74, 6) is 0.460. The summed E-state index contributed by atoms with van der Waals surface area (Å²) in [6, 6.07) is 16.1. The van der Waals surface area contributed by atoms with Gasteiger partial charge in [-0.25, -0.2) is 4.68 Å². The van der Waals surface area contributed by atoms with Crippen molar-refractivity contribution >= 4 is 17.5 Å². The molecule has 3 aromatic rings. The summed E-state index contributed by atoms with van der Waals surface area (Å²) >= 11 is 5.90. The number of nitrogens with one attached hydrogen (secondary N) is 1. The Morgan fingerprint density at radius 1 is 1.07 bits per heavy atom. The van der Waals surface area contributed by atoms with Gasteiger partial charge in [0.05, 0.1) is 12.2 Å². The van der Waals surface area contributed by atoms with Gasteiger partial charge in [-0.1, -0.05) is 29.8 Å². The molecule has 0 aliphatic rings. The van der Waals surface area contributed by atoms with Crippen LogP contribution in [-0.4, -0.2) is 28.8 Å². The molecule has 0 bridgehead atoms. The van der Waals surface area contributed by atoms with Crippen LogP contribution in [-0.2, 0) is 11.3 Å². The number of halogens is 1. The van der Waals surface area contributed by atoms with Crippen LogP contribution in [0.2, 0.25) is 5.02 Å². The summed E-state index contributed by atoms with van der Waals surface area (Å²) in [6.45, 7) is 4.51. The van der Waals surface area contributed by atoms with Crippen LogP contribution in [0, 0.1) is 13.8 Å². The fourth-order valence-electron chi connectivity index (χ4n) is 2.90. The van der Waals surface area contributed by atoms with Crippen LogP contribution in [0.25, 0.3) is 11.3 Å². The lowest BCUT2D eigenvalue weighted by Crippen LogP contribution is -2.35. The molecule has 1 N–H and O–H groups in total. The zero-order valence-electron chi connectivity index (χ0n) is 16.3. The van der Waals surface area contributed by atoms with E-state index in [-0.39, 0.29) is 18.0 Å². The first-order valence-electron chi connectivity index (χ1n) is 9.22. The van der Waals surface area contributed by atoms with E-state index >= 15 is 0 Å². The third-order valence-corrected chi connectivity index (χ3v) is 4.44. The van der Waals surface area contributed by atoms with Crippen LogP contribution in [0.15, 0.2) is 59.4 Å². The highest BCUT2D eigenvalue weighted by Gasteiger charge is 2.08. The molecule has 0 atom stereocenters. The molecule has 0 spiro atoms. The van der Waals surface area contributed by atoms with Gasteiger partial charge in [-0.3, -0.25) is 9.59 Å². The van der Waals surface area contributed by atoms with Gasteiger partial charge < -0.3 is 10.1 Å². The lowest BCUT2D eigenvalue weighted by Gasteiger charge is -2.10. The summed E-state index contributed by atoms with van der Waals surface area (Å²) < 4.78 is 6.81. The van der Waals surface area contributed by atoms with E-state index < -0.39 is 0 Å². The number of carbonyl (C=O) groups is 1. The molecule has 0 unspecified atom stereocenters. The number of benzene rings is 2. The molecule has 0 aliphatic heterocycles. The number of amides is 1. The molecule has 2 aromatic carbocycles. The van der Waals surface area contributed by atoms with Crippen molar-refractivity contribution in [3.05, 3.63) is 81.1 Å². The van der Waals surface area contributed by atoms with Crippen molar-refractivity contribution in [2.45, 2.75) is 20.4 Å². The predicted octanol–water partition coefficient (Wildman–Crippen LogP) is 3.38. The van der Waals surface area contributed by atoms with E-state index in [1.807, 2.05) is 38.1 Å². The Kier molecular flexibility index (Phi) is 6.67. The van der Waals surface area contributed by atoms with E-state index in [1.54, 1.807) is 18.2 Å². The fourth-order valence-corrected chi connectivity index (χ4v) is 3.03. The third-order valence-electron chi connectivity index (χ3n) is 4.19. The van der Waals surface area contributed by atoms with Gasteiger partial charge in [0.25, 0.3) is 5.56 Å². The van der Waals surface area contributed by atoms with Crippen LogP contribution in [0.1, 0.15) is 11.1 Å². The molecule has 150 valence electrons. The zero-order valence-corrected chi connectivity index (χ0v) is 17.1. The van der Waals surface area contributed by atoms with Crippen molar-refractivity contribution in [2.24, 2.45) is 0 Å². The lowest BCUT2D eigenvalue weighted by atomic mass is 10.1. The zero-order chi connectivity index (χ0) is 20.8. The third kappa shape index (κ3) is 5.93. The molecular formula is C22H22ClN3O3. The van der Waals surface area contributed by atoms with Gasteiger partial charge in [-0.2, -0.15) is 5.10 Å². The standard InChI is InChI=1S/C22H22ClN3O3/c1-15-11-16(2)13-19(12-15)29-10-9-24-21(27)14-26-22(28)8-7-20(25-26)17-3-5-18(23)6-4-17/h3-8,11-13H,9-10,14H2,1-2H3,(H,24,27). The minimum Gasteiger partial charge on any atom is -0.492 e. The Morgan fingerprint density at radius 2 is 1.76 bits per heavy atom. The maximum Gasteiger partial charge on any atom is 0.267 e. The molecule has 0 radical (unpaired) electrons. The minimum absolute atomic E-state index is 0.163. The number of aryl methyl sites for hydroxylation is 2. The van der Waals surface area contributed by atoms with Gasteiger partial charge in [0, 0.05) is 16.7 Å². The molecule has 0 fully saturated rings. The van der Waals surface area contributed by atoms with Gasteiger partial charge in [0.15, 0.2) is 0 Å². The van der Waals surface area contributed by atoms with Gasteiger partial charge in [0.2, 0.25) is 5.91 Å². The number of ether oxygens (including phenoxy) is 1. The van der Waals surface area contributed by atoms with Crippen LogP contribution in [0.5, 0.6) is 5.75 Å². The summed E-state index contributed by atoms with van der Waals surface area (Å²) in [6.07, 6.45) is 0. The summed E-state index contributed by atoms with van der Waals surface area (Å²) in [4.78, 5) is 24.2. The van der Waals surface area contributed by atoms with Crippen LogP contribution in [0.3, 0.4) is 0 Å². The predicted molar refractivity (Wildman–Crippen MR) is 113 cm³/mol. The van der Waals surface area contributed by atoms with Gasteiger partial charge >= 0.3 is 0 Å². The second kappa shape index (κ2) is 9.39. The van der Waals surface area contributed by atoms with Gasteiger partial charge in [-0.05, 0) is 55.3 Å². The Morgan fingerprint density at radius 3 is 2.45 bits per heavy atom. The first kappa shape index (κ1) is 20.6. The van der Waals surface area contributed by atoms with Crippen molar-refractivity contribution in [2.75, 3.05) is 13.2 Å². The highest BCUT2D eigenvalue weighted by molar-refractivity contribution is 6.30. The summed E-state index contributed by atoms with van der Waals surface area (Å²) in [5.41, 5.74) is 3.30. The molecule has 7 heteroatoms. The molecule has 1 aromatic heterocycles. The van der Waals surface area contributed by atoms with Crippen molar-refractivity contribution < 1.29 is 9.53 Å². The SMILES string of the molecule is Cc1cc(C)cc(OCCNC(=O)Cn2nc(-c3ccc(Cl)cc3)ccc2=O)c1. The van der Waals surface area contributed by atoms with E-state index in [0.29, 0.717) is 23.9 Å². The molecular weight excluding hydrogens is 390 g/mol. The number of rotatable bonds is 7. The topological polar surface area (TPSA) is 73.2 Å². The van der Waals surface area contributed by atoms with Crippen LogP contribution in [0.4, 0.5) is 0 Å². The minimum atomic E-state index is -0.343. The Balaban J connectivity index is 1.55. The summed E-state index contributed by atoms with van der Waals surface area (Å²) in [7, 11) is 0. The van der Waals surface area contributed by atoms with Crippen molar-refractivity contribution in [3.63, 3.8) is 0 Å². The first-order valence-corrected chi connectivity index (χ1v) is 9.60. The number of hydrogen-bond acceptors (Lipinski definition) is 4. The molecule has 6 nitrogen and oxygen atoms in total. The Hall–Kier alpha value is -3.12. The lowest BCUT2D eigenvalue weighted by molar-refractivity contribution is -0.122. The molecule has 3 rings (SSSR count). The summed E-state index contributed by atoms with van der Waals surface area (Å²) in [5, 5.41) is 7.64. The van der Waals surface area contributed by atoms with Crippen molar-refractivity contribution in [3.8, 4) is 17.0 Å². The van der Waals surface area contributed by atoms with Gasteiger partial charge in [0.1, 0.15) is 18.9 Å². The average Bonchev–Trinajstić information content (AvgIpc) is 2.67. The Bertz CT molecular complexity index is 1040. The van der Waals surface area contributed by atoms with Crippen molar-refractivity contribution in [1.82, 2.24) is 15.1 Å². The van der Waals surface area contributed by atoms with E-state index in [2.05, 4.69) is 16.5 Å². The number of carbonyl (C=O) groups excluding carboxylic acids is 1. The maximum absolute atomic E-state index is 12.2. The van der Waals surface area contributed by atoms with Crippen LogP contribution < -0.4 is 15.6 Å². The molecule has 0 saturated heterocycles. The molecule has 0 aliphatic carbocycles. The molecule has 0 saturated carbocycles. The second-order valence-corrected chi connectivity index (χ2v) is 7.18. The quantitative estimate of drug-likeness (QED) is 0.605. The Labute approximate surface area is 174 Å². The largest absolute Gasteiger partial charge is 0.492 e. The number of aromatic nitrogens is 2. The van der Waals surface area contributed by atoms with Gasteiger partial charge in [-0.15, -0.1) is 0 Å². The molecule has 29 heavy (non-hydrogen) atoms. The maximum atomic E-state index is 12.2. The monoisotopic (exact) mass is 411 g/mol. The first-order chi connectivity index (χ1) is 13.9. The van der Waals surface area contributed by atoms with E-state index in [4.69, 9.17) is 16.3 Å². The number of hydrogen-bond donors (Lipinski definition) is 1. The van der Waals surface area contributed by atoms with E-state index in [9.17, 15) is 9.59 Å². The second-order valence-electron chi connectivity index (χ2n) is 6.74.